The molecule has 2 unspecified atom stereocenters. The summed E-state index contributed by atoms with van der Waals surface area (Å²) < 4.78 is 0. The molecule has 0 spiro atoms. The molecule has 0 saturated heterocycles. The van der Waals surface area contributed by atoms with Crippen LogP contribution in [0.3, 0.4) is 0 Å². The average molecular weight is 164 g/mol. The number of hydrogen-bond acceptors (Lipinski definition) is 2. The number of fused-ring (bicyclic) bond motifs is 1. The number of nitrogens with zero attached hydrogens (tertiary/aromatic N) is 1. The van der Waals surface area contributed by atoms with Gasteiger partial charge in [0, 0.05) is 11.5 Å². The third kappa shape index (κ3) is 1.23. The van der Waals surface area contributed by atoms with Gasteiger partial charge in [0.15, 0.2) is 0 Å². The van der Waals surface area contributed by atoms with Gasteiger partial charge < -0.3 is 5.73 Å². The van der Waals surface area contributed by atoms with E-state index in [2.05, 4.69) is 13.0 Å². The molecule has 0 amide bonds. The van der Waals surface area contributed by atoms with E-state index in [1.807, 2.05) is 0 Å². The smallest absolute Gasteiger partial charge is 0.0655 e. The van der Waals surface area contributed by atoms with E-state index in [0.29, 0.717) is 5.92 Å². The van der Waals surface area contributed by atoms with E-state index in [0.717, 1.165) is 37.5 Å². The van der Waals surface area contributed by atoms with Crippen LogP contribution in [0.2, 0.25) is 0 Å². The van der Waals surface area contributed by atoms with Crippen LogP contribution in [0.15, 0.2) is 0 Å². The summed E-state index contributed by atoms with van der Waals surface area (Å²) in [5.41, 5.74) is 6.14. The first-order valence-electron chi connectivity index (χ1n) is 4.79. The van der Waals surface area contributed by atoms with Crippen LogP contribution in [0.4, 0.5) is 0 Å². The highest BCUT2D eigenvalue weighted by Gasteiger charge is 2.45. The quantitative estimate of drug-likeness (QED) is 0.592. The third-order valence-electron chi connectivity index (χ3n) is 3.48. The summed E-state index contributed by atoms with van der Waals surface area (Å²) in [6.07, 6.45) is 4.48. The second kappa shape index (κ2) is 2.47. The molecule has 2 nitrogen and oxygen atoms in total. The van der Waals surface area contributed by atoms with Crippen molar-refractivity contribution in [2.75, 3.05) is 0 Å². The average Bonchev–Trinajstić information content (AvgIpc) is 2.40. The van der Waals surface area contributed by atoms with Crippen molar-refractivity contribution in [1.82, 2.24) is 0 Å². The van der Waals surface area contributed by atoms with Gasteiger partial charge >= 0.3 is 0 Å². The van der Waals surface area contributed by atoms with Gasteiger partial charge in [0.25, 0.3) is 0 Å². The van der Waals surface area contributed by atoms with E-state index in [4.69, 9.17) is 11.0 Å². The van der Waals surface area contributed by atoms with Gasteiger partial charge in [-0.05, 0) is 44.4 Å². The lowest BCUT2D eigenvalue weighted by molar-refractivity contribution is 0.423. The molecule has 66 valence electrons. The minimum atomic E-state index is 0.0652. The van der Waals surface area contributed by atoms with E-state index < -0.39 is 0 Å². The van der Waals surface area contributed by atoms with Gasteiger partial charge in [0.05, 0.1) is 6.07 Å². The van der Waals surface area contributed by atoms with E-state index in [9.17, 15) is 0 Å². The number of nitrogens with two attached hydrogens (primary N) is 1. The summed E-state index contributed by atoms with van der Waals surface area (Å²) in [6, 6.07) is 2.38. The zero-order valence-corrected chi connectivity index (χ0v) is 7.59. The van der Waals surface area contributed by atoms with Crippen molar-refractivity contribution in [2.24, 2.45) is 23.5 Å². The van der Waals surface area contributed by atoms with Gasteiger partial charge in [0.1, 0.15) is 0 Å². The molecule has 2 rings (SSSR count). The molecule has 2 saturated carbocycles. The molecule has 0 heterocycles. The molecular weight excluding hydrogens is 148 g/mol. The summed E-state index contributed by atoms with van der Waals surface area (Å²) in [5, 5.41) is 8.77. The highest BCUT2D eigenvalue weighted by Crippen LogP contribution is 2.49. The summed E-state index contributed by atoms with van der Waals surface area (Å²) in [6.45, 7) is 2.15. The Bertz CT molecular complexity index is 210. The predicted octanol–water partition coefficient (Wildman–Crippen LogP) is 1.66. The fraction of sp³-hybridized carbons (Fsp3) is 0.900. The van der Waals surface area contributed by atoms with E-state index in [1.165, 1.54) is 0 Å². The molecular formula is C10H16N2. The van der Waals surface area contributed by atoms with Crippen LogP contribution in [0, 0.1) is 29.1 Å². The van der Waals surface area contributed by atoms with Gasteiger partial charge in [-0.25, -0.2) is 0 Å². The van der Waals surface area contributed by atoms with Crippen LogP contribution >= 0.6 is 0 Å². The first kappa shape index (κ1) is 8.07. The Hall–Kier alpha value is -0.550. The molecule has 0 bridgehead atoms. The van der Waals surface area contributed by atoms with Crippen molar-refractivity contribution in [2.45, 2.75) is 38.1 Å². The fourth-order valence-corrected chi connectivity index (χ4v) is 3.10. The summed E-state index contributed by atoms with van der Waals surface area (Å²) in [5.74, 6) is 1.84. The minimum Gasteiger partial charge on any atom is -0.325 e. The summed E-state index contributed by atoms with van der Waals surface area (Å²) in [4.78, 5) is 0. The highest BCUT2D eigenvalue weighted by molar-refractivity contribution is 5.03. The summed E-state index contributed by atoms with van der Waals surface area (Å²) >= 11 is 0. The van der Waals surface area contributed by atoms with E-state index in [-0.39, 0.29) is 5.54 Å². The number of nitriles is 1. The highest BCUT2D eigenvalue weighted by atomic mass is 14.8. The molecule has 4 atom stereocenters. The lowest BCUT2D eigenvalue weighted by atomic mass is 9.95. The largest absolute Gasteiger partial charge is 0.325 e. The Morgan fingerprint density at radius 1 is 1.33 bits per heavy atom. The molecule has 0 aromatic carbocycles. The van der Waals surface area contributed by atoms with Crippen LogP contribution in [-0.4, -0.2) is 5.54 Å². The van der Waals surface area contributed by atoms with Crippen LogP contribution in [0.1, 0.15) is 32.6 Å². The number of hydrogen-bond donors (Lipinski definition) is 1. The molecule has 0 radical (unpaired) electrons. The van der Waals surface area contributed by atoms with Crippen LogP contribution in [-0.2, 0) is 0 Å². The second-order valence-corrected chi connectivity index (χ2v) is 4.88. The molecule has 2 N–H and O–H groups in total. The number of rotatable bonds is 0. The first-order chi connectivity index (χ1) is 5.61. The van der Waals surface area contributed by atoms with Gasteiger partial charge in [-0.15, -0.1) is 0 Å². The normalized spacial score (nSPS) is 51.9. The SMILES string of the molecule is CC1(N)C[C@H]2CC(C#N)C[C@H]2C1. The zero-order chi connectivity index (χ0) is 8.77. The molecule has 2 fully saturated rings. The van der Waals surface area contributed by atoms with E-state index >= 15 is 0 Å². The Kier molecular flexibility index (Phi) is 1.66. The van der Waals surface area contributed by atoms with Crippen molar-refractivity contribution < 1.29 is 0 Å². The van der Waals surface area contributed by atoms with Crippen molar-refractivity contribution in [1.29, 1.82) is 5.26 Å². The summed E-state index contributed by atoms with van der Waals surface area (Å²) in [7, 11) is 0. The van der Waals surface area contributed by atoms with Crippen molar-refractivity contribution in [3.8, 4) is 6.07 Å². The van der Waals surface area contributed by atoms with Crippen LogP contribution in [0.5, 0.6) is 0 Å². The molecule has 2 heteroatoms. The second-order valence-electron chi connectivity index (χ2n) is 4.88. The minimum absolute atomic E-state index is 0.0652. The van der Waals surface area contributed by atoms with Crippen LogP contribution < -0.4 is 5.73 Å². The molecule has 2 aliphatic rings. The van der Waals surface area contributed by atoms with Gasteiger partial charge in [0.2, 0.25) is 0 Å². The molecule has 0 aromatic rings. The van der Waals surface area contributed by atoms with E-state index in [1.54, 1.807) is 0 Å². The van der Waals surface area contributed by atoms with Gasteiger partial charge in [-0.3, -0.25) is 0 Å². The van der Waals surface area contributed by atoms with Crippen molar-refractivity contribution in [3.05, 3.63) is 0 Å². The lowest BCUT2D eigenvalue weighted by Gasteiger charge is -2.18. The molecule has 0 aromatic heterocycles. The Morgan fingerprint density at radius 3 is 2.25 bits per heavy atom. The molecule has 2 aliphatic carbocycles. The topological polar surface area (TPSA) is 49.8 Å². The first-order valence-corrected chi connectivity index (χ1v) is 4.79. The zero-order valence-electron chi connectivity index (χ0n) is 7.59. The van der Waals surface area contributed by atoms with Gasteiger partial charge in [-0.1, -0.05) is 0 Å². The Balaban J connectivity index is 2.03. The maximum absolute atomic E-state index is 8.77. The van der Waals surface area contributed by atoms with Crippen LogP contribution in [0.25, 0.3) is 0 Å². The van der Waals surface area contributed by atoms with Crippen molar-refractivity contribution >= 4 is 0 Å². The predicted molar refractivity (Wildman–Crippen MR) is 47.1 cm³/mol. The maximum Gasteiger partial charge on any atom is 0.0655 e. The maximum atomic E-state index is 8.77. The standard InChI is InChI=1S/C10H16N2/c1-10(12)4-8-2-7(6-11)3-9(8)5-10/h7-9H,2-5,12H2,1H3/t7?,8-,9+,10?. The van der Waals surface area contributed by atoms with Crippen molar-refractivity contribution in [3.63, 3.8) is 0 Å². The lowest BCUT2D eigenvalue weighted by Crippen LogP contribution is -2.33. The Morgan fingerprint density at radius 2 is 1.83 bits per heavy atom. The molecule has 0 aliphatic heterocycles. The molecule has 12 heavy (non-hydrogen) atoms. The Labute approximate surface area is 73.7 Å². The fourth-order valence-electron chi connectivity index (χ4n) is 3.10. The van der Waals surface area contributed by atoms with Gasteiger partial charge in [-0.2, -0.15) is 5.26 Å². The third-order valence-corrected chi connectivity index (χ3v) is 3.48. The monoisotopic (exact) mass is 164 g/mol.